The van der Waals surface area contributed by atoms with Crippen molar-refractivity contribution in [2.45, 2.75) is 31.7 Å². The zero-order valence-electron chi connectivity index (χ0n) is 18.2. The summed E-state index contributed by atoms with van der Waals surface area (Å²) in [5.74, 6) is 1.37. The molecule has 2 aromatic rings. The van der Waals surface area contributed by atoms with Gasteiger partial charge in [-0.3, -0.25) is 9.59 Å². The fourth-order valence-corrected chi connectivity index (χ4v) is 4.33. The molecule has 31 heavy (non-hydrogen) atoms. The van der Waals surface area contributed by atoms with Crippen molar-refractivity contribution in [2.75, 3.05) is 39.2 Å². The van der Waals surface area contributed by atoms with Gasteiger partial charge in [-0.25, -0.2) is 0 Å². The minimum absolute atomic E-state index is 0.0141. The highest BCUT2D eigenvalue weighted by Crippen LogP contribution is 2.33. The predicted molar refractivity (Wildman–Crippen MR) is 119 cm³/mol. The molecule has 2 aliphatic heterocycles. The van der Waals surface area contributed by atoms with Crippen LogP contribution in [0.1, 0.15) is 53.2 Å². The molecule has 2 aromatic carbocycles. The summed E-state index contributed by atoms with van der Waals surface area (Å²) < 4.78 is 10.8. The van der Waals surface area contributed by atoms with Gasteiger partial charge in [0.05, 0.1) is 14.2 Å². The number of hydrogen-bond donors (Lipinski definition) is 2. The van der Waals surface area contributed by atoms with Crippen molar-refractivity contribution >= 4 is 17.5 Å². The van der Waals surface area contributed by atoms with Crippen molar-refractivity contribution < 1.29 is 19.1 Å². The van der Waals surface area contributed by atoms with Crippen LogP contribution >= 0.6 is 0 Å². The van der Waals surface area contributed by atoms with Gasteiger partial charge in [-0.05, 0) is 54.2 Å². The molecule has 0 radical (unpaired) electrons. The number of rotatable bonds is 6. The van der Waals surface area contributed by atoms with E-state index in [4.69, 9.17) is 9.47 Å². The van der Waals surface area contributed by atoms with Gasteiger partial charge >= 0.3 is 0 Å². The minimum Gasteiger partial charge on any atom is -0.493 e. The van der Waals surface area contributed by atoms with Crippen molar-refractivity contribution in [2.24, 2.45) is 0 Å². The van der Waals surface area contributed by atoms with Crippen LogP contribution in [0.2, 0.25) is 0 Å². The van der Waals surface area contributed by atoms with Crippen LogP contribution in [0, 0.1) is 0 Å². The first-order chi connectivity index (χ1) is 15.0. The van der Waals surface area contributed by atoms with E-state index in [0.29, 0.717) is 23.6 Å². The van der Waals surface area contributed by atoms with Gasteiger partial charge in [0.25, 0.3) is 5.91 Å². The van der Waals surface area contributed by atoms with E-state index in [1.807, 2.05) is 41.3 Å². The van der Waals surface area contributed by atoms with Crippen LogP contribution in [0.5, 0.6) is 11.5 Å². The Morgan fingerprint density at radius 1 is 1.10 bits per heavy atom. The smallest absolute Gasteiger partial charge is 0.251 e. The maximum atomic E-state index is 13.4. The Bertz CT molecular complexity index is 985. The van der Waals surface area contributed by atoms with Crippen molar-refractivity contribution in [1.29, 1.82) is 0 Å². The fourth-order valence-electron chi connectivity index (χ4n) is 4.33. The average Bonchev–Trinajstić information content (AvgIpc) is 3.34. The first-order valence-corrected chi connectivity index (χ1v) is 10.7. The van der Waals surface area contributed by atoms with Gasteiger partial charge in [-0.15, -0.1) is 0 Å². The second-order valence-corrected chi connectivity index (χ2v) is 8.14. The molecule has 0 saturated carbocycles. The maximum absolute atomic E-state index is 13.4. The Morgan fingerprint density at radius 2 is 1.84 bits per heavy atom. The van der Waals surface area contributed by atoms with Crippen molar-refractivity contribution in [3.8, 4) is 11.5 Å². The summed E-state index contributed by atoms with van der Waals surface area (Å²) in [5.41, 5.74) is 3.20. The van der Waals surface area contributed by atoms with Gasteiger partial charge in [-0.1, -0.05) is 19.1 Å². The molecule has 2 aliphatic rings. The number of nitrogens with one attached hydrogen (secondary N) is 2. The lowest BCUT2D eigenvalue weighted by Crippen LogP contribution is -2.36. The molecular formula is C24H29N3O4. The quantitative estimate of drug-likeness (QED) is 0.745. The zero-order valence-corrected chi connectivity index (χ0v) is 18.2. The summed E-state index contributed by atoms with van der Waals surface area (Å²) in [5, 5.41) is 6.30. The molecule has 1 fully saturated rings. The molecule has 1 unspecified atom stereocenters. The lowest BCUT2D eigenvalue weighted by atomic mass is 9.91. The van der Waals surface area contributed by atoms with E-state index in [1.165, 1.54) is 0 Å². The number of amides is 2. The number of benzene rings is 2. The SMILES string of the molecule is COc1ccc(C(Nc2ccc3c(c2)C(=O)NC[C@@H]3C)C(=O)N2CCCC2)cc1OC. The van der Waals surface area contributed by atoms with Crippen molar-refractivity contribution in [1.82, 2.24) is 10.2 Å². The molecule has 2 amide bonds. The second kappa shape index (κ2) is 8.88. The van der Waals surface area contributed by atoms with Gasteiger partial charge in [0.1, 0.15) is 6.04 Å². The third kappa shape index (κ3) is 4.17. The van der Waals surface area contributed by atoms with Crippen LogP contribution in [-0.4, -0.2) is 50.6 Å². The third-order valence-electron chi connectivity index (χ3n) is 6.11. The number of fused-ring (bicyclic) bond motifs is 1. The van der Waals surface area contributed by atoms with Crippen LogP contribution in [0.4, 0.5) is 5.69 Å². The summed E-state index contributed by atoms with van der Waals surface area (Å²) >= 11 is 0. The largest absolute Gasteiger partial charge is 0.493 e. The minimum atomic E-state index is -0.597. The first-order valence-electron chi connectivity index (χ1n) is 10.7. The summed E-state index contributed by atoms with van der Waals surface area (Å²) in [6.07, 6.45) is 2.03. The highest BCUT2D eigenvalue weighted by molar-refractivity contribution is 5.98. The lowest BCUT2D eigenvalue weighted by molar-refractivity contribution is -0.131. The van der Waals surface area contributed by atoms with E-state index in [9.17, 15) is 9.59 Å². The summed E-state index contributed by atoms with van der Waals surface area (Å²) in [4.78, 5) is 27.7. The molecule has 0 aliphatic carbocycles. The number of carbonyl (C=O) groups excluding carboxylic acids is 2. The summed E-state index contributed by atoms with van der Waals surface area (Å²) in [6, 6.07) is 10.7. The highest BCUT2D eigenvalue weighted by Gasteiger charge is 2.29. The molecule has 2 atom stereocenters. The molecule has 7 heteroatoms. The molecule has 1 saturated heterocycles. The van der Waals surface area contributed by atoms with Gasteiger partial charge in [0, 0.05) is 30.9 Å². The standard InChI is InChI=1S/C24H29N3O4/c1-15-14-25-23(28)19-13-17(7-8-18(15)19)26-22(24(29)27-10-4-5-11-27)16-6-9-20(30-2)21(12-16)31-3/h6-9,12-13,15,22,26H,4-5,10-11,14H2,1-3H3,(H,25,28)/t15-,22?/m0/s1. The molecule has 164 valence electrons. The average molecular weight is 424 g/mol. The van der Waals surface area contributed by atoms with Crippen molar-refractivity contribution in [3.63, 3.8) is 0 Å². The van der Waals surface area contributed by atoms with Crippen LogP contribution < -0.4 is 20.1 Å². The normalized spacial score (nSPS) is 18.7. The number of nitrogens with zero attached hydrogens (tertiary/aromatic N) is 1. The molecule has 7 nitrogen and oxygen atoms in total. The monoisotopic (exact) mass is 423 g/mol. The number of methoxy groups -OCH3 is 2. The number of ether oxygens (including phenoxy) is 2. The van der Waals surface area contributed by atoms with E-state index < -0.39 is 6.04 Å². The van der Waals surface area contributed by atoms with E-state index in [0.717, 1.165) is 42.7 Å². The van der Waals surface area contributed by atoms with Crippen LogP contribution in [0.3, 0.4) is 0 Å². The Labute approximate surface area is 182 Å². The van der Waals surface area contributed by atoms with E-state index in [-0.39, 0.29) is 17.7 Å². The maximum Gasteiger partial charge on any atom is 0.251 e. The number of hydrogen-bond acceptors (Lipinski definition) is 5. The fraction of sp³-hybridized carbons (Fsp3) is 0.417. The number of likely N-dealkylation sites (tertiary alicyclic amines) is 1. The van der Waals surface area contributed by atoms with E-state index in [1.54, 1.807) is 14.2 Å². The van der Waals surface area contributed by atoms with Crippen LogP contribution in [0.25, 0.3) is 0 Å². The predicted octanol–water partition coefficient (Wildman–Crippen LogP) is 3.33. The van der Waals surface area contributed by atoms with E-state index >= 15 is 0 Å². The molecule has 0 aromatic heterocycles. The van der Waals surface area contributed by atoms with Gasteiger partial charge < -0.3 is 25.0 Å². The third-order valence-corrected chi connectivity index (χ3v) is 6.11. The first kappa shape index (κ1) is 21.0. The summed E-state index contributed by atoms with van der Waals surface area (Å²) in [7, 11) is 3.16. The zero-order chi connectivity index (χ0) is 22.0. The Morgan fingerprint density at radius 3 is 2.55 bits per heavy atom. The Balaban J connectivity index is 1.69. The van der Waals surface area contributed by atoms with Crippen LogP contribution in [0.15, 0.2) is 36.4 Å². The van der Waals surface area contributed by atoms with E-state index in [2.05, 4.69) is 17.6 Å². The molecular weight excluding hydrogens is 394 g/mol. The molecule has 0 spiro atoms. The molecule has 0 bridgehead atoms. The summed E-state index contributed by atoms with van der Waals surface area (Å²) in [6.45, 7) is 4.25. The van der Waals surface area contributed by atoms with Crippen molar-refractivity contribution in [3.05, 3.63) is 53.1 Å². The van der Waals surface area contributed by atoms with Gasteiger partial charge in [-0.2, -0.15) is 0 Å². The molecule has 2 heterocycles. The lowest BCUT2D eigenvalue weighted by Gasteiger charge is -2.27. The Hall–Kier alpha value is -3.22. The topological polar surface area (TPSA) is 79.9 Å². The number of anilines is 1. The Kier molecular flexibility index (Phi) is 6.02. The second-order valence-electron chi connectivity index (χ2n) is 8.14. The molecule has 4 rings (SSSR count). The molecule has 2 N–H and O–H groups in total. The highest BCUT2D eigenvalue weighted by atomic mass is 16.5. The van der Waals surface area contributed by atoms with Gasteiger partial charge in [0.15, 0.2) is 11.5 Å². The van der Waals surface area contributed by atoms with Gasteiger partial charge in [0.2, 0.25) is 5.91 Å². The number of carbonyl (C=O) groups is 2. The van der Waals surface area contributed by atoms with Crippen LogP contribution in [-0.2, 0) is 4.79 Å².